The second-order valence-electron chi connectivity index (χ2n) is 6.27. The highest BCUT2D eigenvalue weighted by atomic mass is 32.2. The van der Waals surface area contributed by atoms with Crippen molar-refractivity contribution in [3.05, 3.63) is 48.0 Å². The number of primary sulfonamides is 1. The summed E-state index contributed by atoms with van der Waals surface area (Å²) in [6, 6.07) is 12.0. The average Bonchev–Trinajstić information content (AvgIpc) is 2.89. The van der Waals surface area contributed by atoms with E-state index in [0.717, 1.165) is 11.3 Å². The highest BCUT2D eigenvalue weighted by Gasteiger charge is 2.28. The molecule has 0 aliphatic carbocycles. The smallest absolute Gasteiger partial charge is 0.244 e. The maximum Gasteiger partial charge on any atom is 0.244 e. The molecule has 0 spiro atoms. The van der Waals surface area contributed by atoms with Gasteiger partial charge in [-0.1, -0.05) is 12.1 Å². The van der Waals surface area contributed by atoms with Crippen LogP contribution in [0.1, 0.15) is 12.5 Å². The van der Waals surface area contributed by atoms with E-state index in [0.29, 0.717) is 17.9 Å². The summed E-state index contributed by atoms with van der Waals surface area (Å²) in [6.07, 6.45) is 0.653. The van der Waals surface area contributed by atoms with Gasteiger partial charge < -0.3 is 15.0 Å². The lowest BCUT2D eigenvalue weighted by molar-refractivity contribution is -0.115. The van der Waals surface area contributed by atoms with Gasteiger partial charge in [-0.2, -0.15) is 0 Å². The number of para-hydroxylation sites is 2. The van der Waals surface area contributed by atoms with Crippen LogP contribution in [0.25, 0.3) is 0 Å². The number of benzene rings is 2. The highest BCUT2D eigenvalue weighted by Crippen LogP contribution is 2.33. The van der Waals surface area contributed by atoms with Gasteiger partial charge in [-0.3, -0.25) is 4.79 Å². The number of hydrogen-bond acceptors (Lipinski definition) is 5. The van der Waals surface area contributed by atoms with Crippen molar-refractivity contribution < 1.29 is 17.9 Å². The van der Waals surface area contributed by atoms with E-state index in [9.17, 15) is 13.2 Å². The van der Waals surface area contributed by atoms with E-state index in [2.05, 4.69) is 5.32 Å². The van der Waals surface area contributed by atoms with Gasteiger partial charge >= 0.3 is 0 Å². The summed E-state index contributed by atoms with van der Waals surface area (Å²) in [5.74, 6) is 0.415. The molecule has 1 aliphatic heterocycles. The fourth-order valence-corrected chi connectivity index (χ4v) is 3.75. The first-order chi connectivity index (χ1) is 12.3. The zero-order chi connectivity index (χ0) is 18.9. The second kappa shape index (κ2) is 6.97. The molecule has 3 rings (SSSR count). The van der Waals surface area contributed by atoms with Crippen molar-refractivity contribution in [3.63, 3.8) is 0 Å². The van der Waals surface area contributed by atoms with E-state index in [1.165, 1.54) is 6.07 Å². The van der Waals surface area contributed by atoms with E-state index in [-0.39, 0.29) is 23.4 Å². The van der Waals surface area contributed by atoms with Crippen LogP contribution in [0.3, 0.4) is 0 Å². The van der Waals surface area contributed by atoms with Crippen molar-refractivity contribution >= 4 is 27.3 Å². The van der Waals surface area contributed by atoms with Crippen LogP contribution >= 0.6 is 0 Å². The standard InChI is InChI=1S/C18H21N3O4S/c1-12-9-13-10-14(26(19,23)24)7-8-16(13)21(12)11-18(22)20-15-5-3-4-6-17(15)25-2/h3-8,10,12H,9,11H2,1-2H3,(H,20,22)(H2,19,23,24)/t12-/m1/s1. The van der Waals surface area contributed by atoms with Crippen LogP contribution in [-0.2, 0) is 21.2 Å². The number of nitrogens with two attached hydrogens (primary N) is 1. The van der Waals surface area contributed by atoms with Crippen LogP contribution in [0.2, 0.25) is 0 Å². The van der Waals surface area contributed by atoms with Crippen LogP contribution in [0, 0.1) is 0 Å². The van der Waals surface area contributed by atoms with E-state index < -0.39 is 10.0 Å². The van der Waals surface area contributed by atoms with E-state index in [1.807, 2.05) is 24.0 Å². The molecule has 0 saturated carbocycles. The molecule has 1 aliphatic rings. The zero-order valence-electron chi connectivity index (χ0n) is 14.6. The van der Waals surface area contributed by atoms with Gasteiger partial charge in [0.15, 0.2) is 0 Å². The van der Waals surface area contributed by atoms with Gasteiger partial charge in [0.1, 0.15) is 5.75 Å². The first-order valence-corrected chi connectivity index (χ1v) is 9.69. The van der Waals surface area contributed by atoms with Crippen molar-refractivity contribution in [2.75, 3.05) is 23.9 Å². The molecule has 2 aromatic carbocycles. The molecule has 1 heterocycles. The Morgan fingerprint density at radius 2 is 2.04 bits per heavy atom. The average molecular weight is 375 g/mol. The molecule has 8 heteroatoms. The number of fused-ring (bicyclic) bond motifs is 1. The molecular formula is C18H21N3O4S. The fraction of sp³-hybridized carbons (Fsp3) is 0.278. The second-order valence-corrected chi connectivity index (χ2v) is 7.83. The first-order valence-electron chi connectivity index (χ1n) is 8.15. The number of rotatable bonds is 5. The molecular weight excluding hydrogens is 354 g/mol. The van der Waals surface area contributed by atoms with Gasteiger partial charge in [0.2, 0.25) is 15.9 Å². The maximum atomic E-state index is 12.5. The molecule has 138 valence electrons. The molecule has 26 heavy (non-hydrogen) atoms. The molecule has 0 unspecified atom stereocenters. The van der Waals surface area contributed by atoms with Gasteiger partial charge in [0.25, 0.3) is 0 Å². The van der Waals surface area contributed by atoms with Crippen molar-refractivity contribution in [2.45, 2.75) is 24.3 Å². The number of hydrogen-bond donors (Lipinski definition) is 2. The third-order valence-electron chi connectivity index (χ3n) is 4.43. The number of methoxy groups -OCH3 is 1. The van der Waals surface area contributed by atoms with Crippen LogP contribution in [-0.4, -0.2) is 34.0 Å². The minimum Gasteiger partial charge on any atom is -0.495 e. The summed E-state index contributed by atoms with van der Waals surface area (Å²) in [6.45, 7) is 2.15. The van der Waals surface area contributed by atoms with Crippen LogP contribution in [0.5, 0.6) is 5.75 Å². The molecule has 7 nitrogen and oxygen atoms in total. The molecule has 1 amide bonds. The third kappa shape index (κ3) is 3.66. The molecule has 0 radical (unpaired) electrons. The molecule has 0 aromatic heterocycles. The Morgan fingerprint density at radius 1 is 1.31 bits per heavy atom. The Morgan fingerprint density at radius 3 is 2.73 bits per heavy atom. The molecule has 0 saturated heterocycles. The van der Waals surface area contributed by atoms with E-state index in [4.69, 9.17) is 9.88 Å². The first kappa shape index (κ1) is 18.2. The highest BCUT2D eigenvalue weighted by molar-refractivity contribution is 7.89. The summed E-state index contributed by atoms with van der Waals surface area (Å²) in [5, 5.41) is 8.05. The predicted octanol–water partition coefficient (Wildman–Crippen LogP) is 1.73. The SMILES string of the molecule is COc1ccccc1NC(=O)CN1c2ccc(S(N)(=O)=O)cc2C[C@H]1C. The lowest BCUT2D eigenvalue weighted by Gasteiger charge is -2.24. The molecule has 2 aromatic rings. The maximum absolute atomic E-state index is 12.5. The van der Waals surface area contributed by atoms with Crippen molar-refractivity contribution in [2.24, 2.45) is 5.14 Å². The summed E-state index contributed by atoms with van der Waals surface area (Å²) in [7, 11) is -2.19. The monoisotopic (exact) mass is 375 g/mol. The van der Waals surface area contributed by atoms with Crippen LogP contribution in [0.4, 0.5) is 11.4 Å². The van der Waals surface area contributed by atoms with E-state index >= 15 is 0 Å². The lowest BCUT2D eigenvalue weighted by atomic mass is 10.1. The van der Waals surface area contributed by atoms with E-state index in [1.54, 1.807) is 31.4 Å². The quantitative estimate of drug-likeness (QED) is 0.829. The molecule has 3 N–H and O–H groups in total. The number of carbonyl (C=O) groups excluding carboxylic acids is 1. The van der Waals surface area contributed by atoms with Crippen LogP contribution in [0.15, 0.2) is 47.4 Å². The molecule has 0 fully saturated rings. The summed E-state index contributed by atoms with van der Waals surface area (Å²) in [4.78, 5) is 14.5. The van der Waals surface area contributed by atoms with Crippen LogP contribution < -0.4 is 20.1 Å². The Labute approximate surface area is 152 Å². The third-order valence-corrected chi connectivity index (χ3v) is 5.34. The summed E-state index contributed by atoms with van der Waals surface area (Å²) < 4.78 is 28.3. The Hall–Kier alpha value is -2.58. The molecule has 1 atom stereocenters. The zero-order valence-corrected chi connectivity index (χ0v) is 15.4. The van der Waals surface area contributed by atoms with Crippen molar-refractivity contribution in [3.8, 4) is 5.75 Å². The largest absolute Gasteiger partial charge is 0.495 e. The number of amides is 1. The Balaban J connectivity index is 1.78. The number of anilines is 2. The topological polar surface area (TPSA) is 102 Å². The Bertz CT molecular complexity index is 943. The number of nitrogens with zero attached hydrogens (tertiary/aromatic N) is 1. The normalized spacial score (nSPS) is 16.3. The fourth-order valence-electron chi connectivity index (χ4n) is 3.18. The van der Waals surface area contributed by atoms with Gasteiger partial charge in [-0.05, 0) is 49.2 Å². The van der Waals surface area contributed by atoms with Crippen molar-refractivity contribution in [1.29, 1.82) is 0 Å². The summed E-state index contributed by atoms with van der Waals surface area (Å²) in [5.41, 5.74) is 2.32. The number of ether oxygens (including phenoxy) is 1. The van der Waals surface area contributed by atoms with Gasteiger partial charge in [0.05, 0.1) is 24.2 Å². The lowest BCUT2D eigenvalue weighted by Crippen LogP contribution is -2.37. The van der Waals surface area contributed by atoms with Gasteiger partial charge in [-0.25, -0.2) is 13.6 Å². The summed E-state index contributed by atoms with van der Waals surface area (Å²) >= 11 is 0. The number of carbonyl (C=O) groups is 1. The molecule has 0 bridgehead atoms. The minimum atomic E-state index is -3.74. The number of sulfonamides is 1. The van der Waals surface area contributed by atoms with Gasteiger partial charge in [0, 0.05) is 11.7 Å². The Kier molecular flexibility index (Phi) is 4.88. The van der Waals surface area contributed by atoms with Gasteiger partial charge in [-0.15, -0.1) is 0 Å². The van der Waals surface area contributed by atoms with Crippen molar-refractivity contribution in [1.82, 2.24) is 0 Å². The minimum absolute atomic E-state index is 0.0733. The number of nitrogens with one attached hydrogen (secondary N) is 1. The predicted molar refractivity (Wildman–Crippen MR) is 100.0 cm³/mol.